The molecule has 7 heteroatoms. The molecule has 0 spiro atoms. The topological polar surface area (TPSA) is 88.8 Å². The van der Waals surface area contributed by atoms with E-state index in [2.05, 4.69) is 6.92 Å². The van der Waals surface area contributed by atoms with E-state index in [1.165, 1.54) is 0 Å². The van der Waals surface area contributed by atoms with E-state index in [-0.39, 0.29) is 29.1 Å². The summed E-state index contributed by atoms with van der Waals surface area (Å²) in [6.45, 7) is 4.11. The molecule has 1 saturated heterocycles. The summed E-state index contributed by atoms with van der Waals surface area (Å²) >= 11 is 0. The molecule has 0 aliphatic carbocycles. The molecule has 182 valence electrons. The fourth-order valence-electron chi connectivity index (χ4n) is 4.38. The zero-order valence-corrected chi connectivity index (χ0v) is 19.9. The Morgan fingerprint density at radius 3 is 2.40 bits per heavy atom. The van der Waals surface area contributed by atoms with E-state index >= 15 is 0 Å². The third-order valence-electron chi connectivity index (χ3n) is 6.32. The number of ether oxygens (including phenoxy) is 1. The molecule has 2 aromatic carbocycles. The number of unbranched alkanes of at least 4 members (excludes halogenated alkanes) is 1. The van der Waals surface area contributed by atoms with Gasteiger partial charge in [-0.25, -0.2) is 4.79 Å². The van der Waals surface area contributed by atoms with Crippen LogP contribution in [0.15, 0.2) is 65.5 Å². The van der Waals surface area contributed by atoms with Gasteiger partial charge in [0, 0.05) is 18.8 Å². The molecule has 0 bridgehead atoms. The van der Waals surface area contributed by atoms with Gasteiger partial charge in [-0.2, -0.15) is 0 Å². The number of carboxylic acid groups (broad SMARTS) is 1. The highest BCUT2D eigenvalue weighted by molar-refractivity contribution is 5.96. The van der Waals surface area contributed by atoms with Gasteiger partial charge in [0.1, 0.15) is 5.56 Å². The fourth-order valence-corrected chi connectivity index (χ4v) is 4.38. The molecule has 4 rings (SSSR count). The molecule has 0 unspecified atom stereocenters. The number of pyridine rings is 1. The van der Waals surface area contributed by atoms with E-state index in [4.69, 9.17) is 4.74 Å². The number of carboxylic acids is 1. The van der Waals surface area contributed by atoms with E-state index in [0.29, 0.717) is 43.9 Å². The van der Waals surface area contributed by atoms with Crippen LogP contribution < -0.4 is 5.56 Å². The first-order valence-corrected chi connectivity index (χ1v) is 12.0. The van der Waals surface area contributed by atoms with Crippen molar-refractivity contribution >= 4 is 11.9 Å². The lowest BCUT2D eigenvalue weighted by Crippen LogP contribution is -2.43. The van der Waals surface area contributed by atoms with Crippen molar-refractivity contribution in [3.8, 4) is 11.1 Å². The third kappa shape index (κ3) is 5.52. The first-order chi connectivity index (χ1) is 17.0. The molecule has 1 N–H and O–H groups in total. The van der Waals surface area contributed by atoms with Gasteiger partial charge in [0.15, 0.2) is 0 Å². The summed E-state index contributed by atoms with van der Waals surface area (Å²) in [5.74, 6) is -1.32. The average Bonchev–Trinajstić information content (AvgIpc) is 2.89. The Morgan fingerprint density at radius 1 is 0.971 bits per heavy atom. The maximum absolute atomic E-state index is 13.5. The molecule has 1 fully saturated rings. The van der Waals surface area contributed by atoms with Crippen molar-refractivity contribution in [1.82, 2.24) is 9.47 Å². The lowest BCUT2D eigenvalue weighted by Gasteiger charge is -2.27. The van der Waals surface area contributed by atoms with Crippen LogP contribution in [-0.2, 0) is 17.7 Å². The minimum atomic E-state index is -1.03. The number of carbonyl (C=O) groups is 2. The molecule has 0 saturated carbocycles. The van der Waals surface area contributed by atoms with Crippen LogP contribution >= 0.6 is 0 Å². The van der Waals surface area contributed by atoms with E-state index in [9.17, 15) is 19.5 Å². The molecule has 0 radical (unpaired) electrons. The van der Waals surface area contributed by atoms with Crippen LogP contribution in [0.3, 0.4) is 0 Å². The van der Waals surface area contributed by atoms with Gasteiger partial charge < -0.3 is 19.3 Å². The molecule has 3 aromatic rings. The smallest absolute Gasteiger partial charge is 0.336 e. The summed E-state index contributed by atoms with van der Waals surface area (Å²) in [6, 6.07) is 18.1. The van der Waals surface area contributed by atoms with Crippen LogP contribution in [0.25, 0.3) is 11.1 Å². The molecule has 35 heavy (non-hydrogen) atoms. The minimum Gasteiger partial charge on any atom is -0.478 e. The first-order valence-electron chi connectivity index (χ1n) is 12.0. The molecule has 1 amide bonds. The Balaban J connectivity index is 1.72. The second-order valence-electron chi connectivity index (χ2n) is 8.69. The number of hydrogen-bond acceptors (Lipinski definition) is 4. The standard InChI is InChI=1S/C28H30N2O5/c1-2-3-9-22-11-13-24(26(31)29-14-16-35-17-15-29)27(32)30(22)19-20-10-12-23(25(18-20)28(33)34)21-7-5-4-6-8-21/h4-8,10-13,18H,2-3,9,14-17,19H2,1H3,(H,33,34). The van der Waals surface area contributed by atoms with Gasteiger partial charge in [-0.3, -0.25) is 9.59 Å². The Kier molecular flexibility index (Phi) is 7.77. The zero-order chi connectivity index (χ0) is 24.8. The van der Waals surface area contributed by atoms with Gasteiger partial charge in [0.2, 0.25) is 0 Å². The molecular weight excluding hydrogens is 444 g/mol. The molecular formula is C28H30N2O5. The number of aromatic nitrogens is 1. The van der Waals surface area contributed by atoms with Crippen molar-refractivity contribution in [3.05, 3.63) is 93.4 Å². The van der Waals surface area contributed by atoms with Gasteiger partial charge in [-0.15, -0.1) is 0 Å². The molecule has 1 aliphatic rings. The monoisotopic (exact) mass is 474 g/mol. The summed E-state index contributed by atoms with van der Waals surface area (Å²) in [5, 5.41) is 9.88. The van der Waals surface area contributed by atoms with Gasteiger partial charge >= 0.3 is 5.97 Å². The molecule has 1 aliphatic heterocycles. The van der Waals surface area contributed by atoms with Crippen molar-refractivity contribution in [3.63, 3.8) is 0 Å². The number of morpholine rings is 1. The lowest BCUT2D eigenvalue weighted by molar-refractivity contribution is 0.0301. The molecule has 1 aromatic heterocycles. The quantitative estimate of drug-likeness (QED) is 0.532. The highest BCUT2D eigenvalue weighted by Gasteiger charge is 2.23. The summed E-state index contributed by atoms with van der Waals surface area (Å²) < 4.78 is 6.95. The number of aromatic carboxylic acids is 1. The molecule has 2 heterocycles. The van der Waals surface area contributed by atoms with Crippen molar-refractivity contribution in [2.75, 3.05) is 26.3 Å². The summed E-state index contributed by atoms with van der Waals surface area (Å²) in [5.41, 5.74) is 2.92. The Labute approximate surface area is 204 Å². The minimum absolute atomic E-state index is 0.131. The first kappa shape index (κ1) is 24.4. The van der Waals surface area contributed by atoms with Crippen LogP contribution in [0.2, 0.25) is 0 Å². The predicted molar refractivity (Wildman–Crippen MR) is 134 cm³/mol. The van der Waals surface area contributed by atoms with Gasteiger partial charge in [-0.05, 0) is 47.7 Å². The lowest BCUT2D eigenvalue weighted by atomic mass is 9.97. The second kappa shape index (κ2) is 11.1. The average molecular weight is 475 g/mol. The van der Waals surface area contributed by atoms with Crippen molar-refractivity contribution < 1.29 is 19.4 Å². The van der Waals surface area contributed by atoms with Gasteiger partial charge in [0.05, 0.1) is 25.3 Å². The third-order valence-corrected chi connectivity index (χ3v) is 6.32. The van der Waals surface area contributed by atoms with Crippen molar-refractivity contribution in [2.45, 2.75) is 32.7 Å². The summed E-state index contributed by atoms with van der Waals surface area (Å²) in [4.78, 5) is 40.3. The molecule has 7 nitrogen and oxygen atoms in total. The van der Waals surface area contributed by atoms with Crippen molar-refractivity contribution in [2.24, 2.45) is 0 Å². The van der Waals surface area contributed by atoms with Gasteiger partial charge in [-0.1, -0.05) is 55.8 Å². The normalized spacial score (nSPS) is 13.6. The van der Waals surface area contributed by atoms with Crippen LogP contribution in [0, 0.1) is 0 Å². The number of aryl methyl sites for hydroxylation is 1. The number of hydrogen-bond donors (Lipinski definition) is 1. The summed E-state index contributed by atoms with van der Waals surface area (Å²) in [7, 11) is 0. The van der Waals surface area contributed by atoms with Gasteiger partial charge in [0.25, 0.3) is 11.5 Å². The Hall–Kier alpha value is -3.71. The maximum atomic E-state index is 13.5. The van der Waals surface area contributed by atoms with E-state index in [1.807, 2.05) is 42.5 Å². The van der Waals surface area contributed by atoms with Crippen LogP contribution in [0.1, 0.15) is 51.7 Å². The van der Waals surface area contributed by atoms with Crippen LogP contribution in [0.4, 0.5) is 0 Å². The number of carbonyl (C=O) groups excluding carboxylic acids is 1. The van der Waals surface area contributed by atoms with E-state index in [1.54, 1.807) is 27.7 Å². The SMILES string of the molecule is CCCCc1ccc(C(=O)N2CCOCC2)c(=O)n1Cc1ccc(-c2ccccc2)c(C(=O)O)c1. The Morgan fingerprint density at radius 2 is 1.71 bits per heavy atom. The number of benzene rings is 2. The summed E-state index contributed by atoms with van der Waals surface area (Å²) in [6.07, 6.45) is 2.58. The second-order valence-corrected chi connectivity index (χ2v) is 8.69. The van der Waals surface area contributed by atoms with Crippen LogP contribution in [0.5, 0.6) is 0 Å². The predicted octanol–water partition coefficient (Wildman–Crippen LogP) is 4.08. The Bertz CT molecular complexity index is 1260. The van der Waals surface area contributed by atoms with E-state index in [0.717, 1.165) is 24.1 Å². The maximum Gasteiger partial charge on any atom is 0.336 e. The van der Waals surface area contributed by atoms with E-state index < -0.39 is 5.97 Å². The van der Waals surface area contributed by atoms with Crippen LogP contribution in [-0.4, -0.2) is 52.8 Å². The molecule has 0 atom stereocenters. The number of nitrogens with zero attached hydrogens (tertiary/aromatic N) is 2. The zero-order valence-electron chi connectivity index (χ0n) is 19.9. The largest absolute Gasteiger partial charge is 0.478 e. The highest BCUT2D eigenvalue weighted by Crippen LogP contribution is 2.25. The number of rotatable bonds is 8. The highest BCUT2D eigenvalue weighted by atomic mass is 16.5. The fraction of sp³-hybridized carbons (Fsp3) is 0.321. The van der Waals surface area contributed by atoms with Crippen molar-refractivity contribution in [1.29, 1.82) is 0 Å². The number of amides is 1.